The smallest absolute Gasteiger partial charge is 0.330 e. The van der Waals surface area contributed by atoms with Crippen molar-refractivity contribution in [3.05, 3.63) is 129 Å². The average molecular weight is 1190 g/mol. The molecule has 20 nitrogen and oxygen atoms in total. The van der Waals surface area contributed by atoms with Crippen LogP contribution in [0.2, 0.25) is 0 Å². The van der Waals surface area contributed by atoms with Crippen molar-refractivity contribution in [3.8, 4) is 17.6 Å². The van der Waals surface area contributed by atoms with Crippen LogP contribution in [-0.2, 0) is 38.5 Å². The molecule has 3 aliphatic rings. The number of carbonyl (C=O) groups excluding carboxylic acids is 3. The van der Waals surface area contributed by atoms with Crippen molar-refractivity contribution in [2.45, 2.75) is 178 Å². The fourth-order valence-electron chi connectivity index (χ4n) is 11.0. The van der Waals surface area contributed by atoms with Gasteiger partial charge in [0.2, 0.25) is 11.8 Å². The summed E-state index contributed by atoms with van der Waals surface area (Å²) in [6.07, 6.45) is 5.12. The third-order valence-electron chi connectivity index (χ3n) is 15.1. The maximum atomic E-state index is 14.7. The Hall–Kier alpha value is -5.82. The number of urea groups is 1. The number of hydroxylamine groups is 2. The van der Waals surface area contributed by atoms with E-state index in [1.165, 1.54) is 21.9 Å². The summed E-state index contributed by atoms with van der Waals surface area (Å²) in [5, 5.41) is 20.5. The molecule has 22 heteroatoms. The van der Waals surface area contributed by atoms with E-state index in [4.69, 9.17) is 32.8 Å². The number of hydrogen-bond acceptors (Lipinski definition) is 15. The largest absolute Gasteiger partial charge is 0.497 e. The number of carbonyl (C=O) groups is 3. The predicted octanol–water partition coefficient (Wildman–Crippen LogP) is 9.23. The van der Waals surface area contributed by atoms with Crippen LogP contribution < -0.4 is 36.7 Å². The van der Waals surface area contributed by atoms with Gasteiger partial charge in [-0.1, -0.05) is 93.6 Å². The molecule has 0 bridgehead atoms. The molecule has 7 rings (SSSR count). The molecule has 83 heavy (non-hydrogen) atoms. The van der Waals surface area contributed by atoms with Crippen molar-refractivity contribution in [2.24, 2.45) is 0 Å². The predicted molar refractivity (Wildman–Crippen MR) is 320 cm³/mol. The Kier molecular flexibility index (Phi) is 25.3. The molecule has 4 aromatic rings. The van der Waals surface area contributed by atoms with Crippen LogP contribution in [0.25, 0.3) is 0 Å². The Labute approximate surface area is 493 Å². The van der Waals surface area contributed by atoms with Gasteiger partial charge >= 0.3 is 11.7 Å². The van der Waals surface area contributed by atoms with Gasteiger partial charge in [0.15, 0.2) is 12.3 Å². The molecule has 4 amide bonds. The summed E-state index contributed by atoms with van der Waals surface area (Å²) in [6.45, 7) is 10.8. The number of fused-ring (bicyclic) bond motifs is 1. The zero-order chi connectivity index (χ0) is 59.3. The highest BCUT2D eigenvalue weighted by atomic mass is 32.2. The highest BCUT2D eigenvalue weighted by molar-refractivity contribution is 8.00. The van der Waals surface area contributed by atoms with E-state index >= 15 is 0 Å². The molecule has 0 aliphatic carbocycles. The van der Waals surface area contributed by atoms with Crippen LogP contribution in [0.1, 0.15) is 141 Å². The topological polar surface area (TPSA) is 237 Å². The summed E-state index contributed by atoms with van der Waals surface area (Å²) in [6, 6.07) is 28.5. The lowest BCUT2D eigenvalue weighted by Gasteiger charge is -2.40. The monoisotopic (exact) mass is 1180 g/mol. The normalized spacial score (nSPS) is 20.7. The van der Waals surface area contributed by atoms with Crippen LogP contribution in [0.4, 0.5) is 4.79 Å². The lowest BCUT2D eigenvalue weighted by atomic mass is 9.80. The van der Waals surface area contributed by atoms with Crippen LogP contribution in [-0.4, -0.2) is 131 Å². The van der Waals surface area contributed by atoms with E-state index in [1.54, 1.807) is 14.2 Å². The molecule has 4 N–H and O–H groups in total. The van der Waals surface area contributed by atoms with Gasteiger partial charge in [0.25, 0.3) is 14.1 Å². The molecule has 3 fully saturated rings. The molecule has 8 atom stereocenters. The molecule has 3 aliphatic heterocycles. The number of nitriles is 1. The number of nitrogens with one attached hydrogen (secondary N) is 4. The number of thioether (sulfide) groups is 1. The molecule has 0 saturated carbocycles. The van der Waals surface area contributed by atoms with Crippen molar-refractivity contribution in [2.75, 3.05) is 46.3 Å². The Bertz CT molecular complexity index is 2770. The number of methoxy groups -OCH3 is 2. The van der Waals surface area contributed by atoms with Crippen LogP contribution in [0.3, 0.4) is 0 Å². The van der Waals surface area contributed by atoms with E-state index < -0.39 is 49.9 Å². The summed E-state index contributed by atoms with van der Waals surface area (Å²) in [4.78, 5) is 75.4. The third-order valence-corrected chi connectivity index (χ3v) is 18.8. The summed E-state index contributed by atoms with van der Waals surface area (Å²) >= 11 is 1.87. The highest BCUT2D eigenvalue weighted by Gasteiger charge is 2.53. The maximum Gasteiger partial charge on any atom is 0.330 e. The van der Waals surface area contributed by atoms with Crippen LogP contribution in [0.15, 0.2) is 101 Å². The number of H-pyrrole nitrogens is 1. The summed E-state index contributed by atoms with van der Waals surface area (Å²) in [5.41, 5.74) is -0.390. The SMILES string of the molecule is CCCCCCN(O[C@@H]1[C@H](OP(OCCC#N)N(C(C)C)C(C)C)[C@@H](COC(c2ccccc2)(c2ccc(OC)cc2)c2ccc(OC)cc2)O[C@H]1n1ccc(=O)[nH]c1=O)C(=O)CCCCCNC(=O)CCCC[C@@H]1SC[C@@H]2NC(=O)N[C@@H]21. The zero-order valence-corrected chi connectivity index (χ0v) is 50.8. The number of rotatable bonds is 35. The molecule has 0 radical (unpaired) electrons. The van der Waals surface area contributed by atoms with E-state index in [2.05, 4.69) is 38.6 Å². The number of nitrogens with zero attached hydrogens (tertiary/aromatic N) is 4. The molecule has 3 saturated heterocycles. The average Bonchev–Trinajstić information content (AvgIpc) is 3.37. The van der Waals surface area contributed by atoms with Gasteiger partial charge in [0.05, 0.1) is 52.0 Å². The minimum atomic E-state index is -2.00. The number of hydrogen-bond donors (Lipinski definition) is 4. The van der Waals surface area contributed by atoms with Gasteiger partial charge in [-0.25, -0.2) is 19.3 Å². The number of aromatic amines is 1. The number of ether oxygens (including phenoxy) is 4. The second kappa shape index (κ2) is 32.5. The Morgan fingerprint density at radius 2 is 1.49 bits per heavy atom. The molecule has 452 valence electrons. The Balaban J connectivity index is 1.18. The summed E-state index contributed by atoms with van der Waals surface area (Å²) in [5.74, 6) is 1.90. The fourth-order valence-corrected chi connectivity index (χ4v) is 14.3. The van der Waals surface area contributed by atoms with Crippen LogP contribution in [0.5, 0.6) is 11.5 Å². The fraction of sp³-hybridized carbons (Fsp3) is 0.574. The minimum absolute atomic E-state index is 0.00723. The standard InChI is InChI=1S/C61H85N8O12PS/c1-8-9-10-19-37-68(54(72)25-15-12-18-36-63-52(70)24-17-16-23-51-55-49(41-83-51)64-59(73)66-55)80-57-56(81-82(78-39-20-35-62)69(42(2)3)43(4)5)50(79-58(57)67-38-34-53(71)65-60(67)74)40-77-61(44-21-13-11-14-22-44,45-26-30-47(75-6)31-27-45)46-28-32-48(76-7)33-29-46/h11,13-14,21-22,26-34,38,42-43,49-51,55-58H,8-10,12,15-20,23-25,36-37,39-41H2,1-7H3,(H,63,70)(H2,64,66,73)(H,65,71,74)/t49-,50+,51-,55-,56+,57+,58+,82?/m0/s1. The highest BCUT2D eigenvalue weighted by Crippen LogP contribution is 2.51. The van der Waals surface area contributed by atoms with Crippen molar-refractivity contribution in [1.82, 2.24) is 35.2 Å². The van der Waals surface area contributed by atoms with E-state index in [9.17, 15) is 29.2 Å². The van der Waals surface area contributed by atoms with Crippen molar-refractivity contribution < 1.29 is 47.2 Å². The van der Waals surface area contributed by atoms with Gasteiger partial charge in [-0.3, -0.25) is 28.8 Å². The number of aromatic nitrogens is 2. The Morgan fingerprint density at radius 3 is 2.13 bits per heavy atom. The number of benzene rings is 3. The van der Waals surface area contributed by atoms with Crippen LogP contribution >= 0.6 is 20.3 Å². The van der Waals surface area contributed by atoms with E-state index in [-0.39, 0.29) is 74.6 Å². The van der Waals surface area contributed by atoms with Crippen molar-refractivity contribution >= 4 is 38.1 Å². The minimum Gasteiger partial charge on any atom is -0.497 e. The molecular formula is C61H85N8O12PS. The first-order valence-corrected chi connectivity index (χ1v) is 31.5. The van der Waals surface area contributed by atoms with Crippen molar-refractivity contribution in [1.29, 1.82) is 5.26 Å². The summed E-state index contributed by atoms with van der Waals surface area (Å²) < 4.78 is 42.9. The number of unbranched alkanes of at least 4 members (excludes halogenated alkanes) is 6. The first-order chi connectivity index (χ1) is 40.2. The van der Waals surface area contributed by atoms with Gasteiger partial charge in [0.1, 0.15) is 29.3 Å². The zero-order valence-electron chi connectivity index (χ0n) is 49.1. The van der Waals surface area contributed by atoms with Gasteiger partial charge in [-0.05, 0) is 101 Å². The Morgan fingerprint density at radius 1 is 0.831 bits per heavy atom. The van der Waals surface area contributed by atoms with Crippen molar-refractivity contribution in [3.63, 3.8) is 0 Å². The van der Waals surface area contributed by atoms with Gasteiger partial charge < -0.3 is 43.9 Å². The van der Waals surface area contributed by atoms with E-state index in [0.717, 1.165) is 61.0 Å². The molecule has 0 spiro atoms. The first kappa shape index (κ1) is 64.7. The third kappa shape index (κ3) is 17.4. The van der Waals surface area contributed by atoms with E-state index in [0.29, 0.717) is 55.4 Å². The second-order valence-corrected chi connectivity index (χ2v) is 24.3. The summed E-state index contributed by atoms with van der Waals surface area (Å²) in [7, 11) is 1.21. The quantitative estimate of drug-likeness (QED) is 0.0110. The second-order valence-electron chi connectivity index (χ2n) is 21.7. The lowest BCUT2D eigenvalue weighted by Crippen LogP contribution is -2.47. The molecule has 1 unspecified atom stereocenters. The van der Waals surface area contributed by atoms with Gasteiger partial charge in [-0.2, -0.15) is 17.0 Å². The molecule has 3 aromatic carbocycles. The molecule has 4 heterocycles. The van der Waals surface area contributed by atoms with E-state index in [1.807, 2.05) is 118 Å². The lowest BCUT2D eigenvalue weighted by molar-refractivity contribution is -0.230. The first-order valence-electron chi connectivity index (χ1n) is 29.3. The van der Waals surface area contributed by atoms with Gasteiger partial charge in [-0.15, -0.1) is 0 Å². The van der Waals surface area contributed by atoms with Gasteiger partial charge in [0, 0.05) is 61.3 Å². The molecule has 1 aromatic heterocycles. The molecular weight excluding hydrogens is 1100 g/mol. The van der Waals surface area contributed by atoms with Crippen LogP contribution in [0, 0.1) is 11.3 Å². The number of amides is 4. The maximum absolute atomic E-state index is 14.7.